The van der Waals surface area contributed by atoms with Crippen molar-refractivity contribution in [2.45, 2.75) is 58.7 Å². The molecule has 0 radical (unpaired) electrons. The average Bonchev–Trinajstić information content (AvgIpc) is 3.34. The van der Waals surface area contributed by atoms with E-state index >= 15 is 0 Å². The number of carbonyl (C=O) groups is 1. The Bertz CT molecular complexity index is 1310. The van der Waals surface area contributed by atoms with Gasteiger partial charge in [0.15, 0.2) is 0 Å². The van der Waals surface area contributed by atoms with E-state index in [4.69, 9.17) is 16.0 Å². The molecule has 1 saturated heterocycles. The van der Waals surface area contributed by atoms with Gasteiger partial charge < -0.3 is 20.9 Å². The van der Waals surface area contributed by atoms with Crippen molar-refractivity contribution in [3.05, 3.63) is 66.8 Å². The summed E-state index contributed by atoms with van der Waals surface area (Å²) in [5, 5.41) is 11.4. The SMILES string of the molecule is C=CC(=O)N1CCCC[C@H]1C.CC(=N)/C(=N\N)c1cc(O[C@H](C)c2ccccn2)c2c(c1)ncn2C(F)F. The second-order valence-electron chi connectivity index (χ2n) is 8.97. The Balaban J connectivity index is 0.000000304. The van der Waals surface area contributed by atoms with Crippen LogP contribution in [-0.2, 0) is 4.79 Å². The third-order valence-electron chi connectivity index (χ3n) is 6.27. The third kappa shape index (κ3) is 6.58. The first-order valence-corrected chi connectivity index (χ1v) is 12.3. The van der Waals surface area contributed by atoms with Crippen LogP contribution >= 0.6 is 0 Å². The fraction of sp³-hybridized carbons (Fsp3) is 0.370. The molecule has 0 saturated carbocycles. The number of carbonyl (C=O) groups excluding carboxylic acids is 1. The van der Waals surface area contributed by atoms with Crippen LogP contribution < -0.4 is 10.6 Å². The minimum atomic E-state index is -2.78. The number of amides is 1. The Morgan fingerprint density at radius 3 is 2.66 bits per heavy atom. The van der Waals surface area contributed by atoms with E-state index in [2.05, 4.69) is 28.6 Å². The quantitative estimate of drug-likeness (QED) is 0.189. The molecule has 1 fully saturated rings. The molecule has 11 heteroatoms. The molecule has 9 nitrogen and oxygen atoms in total. The number of hydrogen-bond donors (Lipinski definition) is 2. The summed E-state index contributed by atoms with van der Waals surface area (Å²) in [7, 11) is 0. The van der Waals surface area contributed by atoms with Gasteiger partial charge in [-0.2, -0.15) is 13.9 Å². The molecule has 0 spiro atoms. The molecule has 2 aromatic heterocycles. The van der Waals surface area contributed by atoms with Crippen molar-refractivity contribution < 1.29 is 18.3 Å². The minimum Gasteiger partial charge on any atom is -0.482 e. The summed E-state index contributed by atoms with van der Waals surface area (Å²) in [5.41, 5.74) is 1.90. The number of imidazole rings is 1. The van der Waals surface area contributed by atoms with E-state index in [9.17, 15) is 13.6 Å². The first-order chi connectivity index (χ1) is 18.2. The summed E-state index contributed by atoms with van der Waals surface area (Å²) in [5.74, 6) is 5.66. The molecule has 2 atom stereocenters. The molecule has 3 N–H and O–H groups in total. The monoisotopic (exact) mass is 525 g/mol. The van der Waals surface area contributed by atoms with Crippen molar-refractivity contribution in [1.82, 2.24) is 19.4 Å². The summed E-state index contributed by atoms with van der Waals surface area (Å²) in [4.78, 5) is 21.4. The lowest BCUT2D eigenvalue weighted by Gasteiger charge is -2.32. The molecule has 3 aromatic rings. The zero-order valence-corrected chi connectivity index (χ0v) is 21.8. The van der Waals surface area contributed by atoms with Crippen molar-refractivity contribution in [2.75, 3.05) is 6.54 Å². The lowest BCUT2D eigenvalue weighted by atomic mass is 10.0. The van der Waals surface area contributed by atoms with Crippen molar-refractivity contribution in [3.8, 4) is 5.75 Å². The molecule has 202 valence electrons. The summed E-state index contributed by atoms with van der Waals surface area (Å²) >= 11 is 0. The number of halogens is 2. The highest BCUT2D eigenvalue weighted by Gasteiger charge is 2.22. The molecule has 1 aromatic carbocycles. The number of pyridine rings is 1. The van der Waals surface area contributed by atoms with Gasteiger partial charge >= 0.3 is 6.55 Å². The van der Waals surface area contributed by atoms with Crippen LogP contribution in [0.25, 0.3) is 11.0 Å². The molecule has 3 heterocycles. The molecule has 0 aliphatic carbocycles. The topological polar surface area (TPSA) is 122 Å². The lowest BCUT2D eigenvalue weighted by Crippen LogP contribution is -2.40. The molecule has 0 bridgehead atoms. The highest BCUT2D eigenvalue weighted by molar-refractivity contribution is 6.46. The van der Waals surface area contributed by atoms with Crippen LogP contribution in [-0.4, -0.2) is 49.4 Å². The van der Waals surface area contributed by atoms with Crippen molar-refractivity contribution >= 4 is 28.4 Å². The van der Waals surface area contributed by atoms with E-state index in [1.165, 1.54) is 25.5 Å². The smallest absolute Gasteiger partial charge is 0.320 e. The molecular weight excluding hydrogens is 492 g/mol. The summed E-state index contributed by atoms with van der Waals surface area (Å²) in [6.07, 6.45) is 7.12. The highest BCUT2D eigenvalue weighted by Crippen LogP contribution is 2.33. The largest absolute Gasteiger partial charge is 0.482 e. The number of ether oxygens (including phenoxy) is 1. The number of piperidine rings is 1. The van der Waals surface area contributed by atoms with Crippen molar-refractivity contribution in [3.63, 3.8) is 0 Å². The van der Waals surface area contributed by atoms with Gasteiger partial charge in [0.1, 0.15) is 29.4 Å². The standard InChI is InChI=1S/C18H18F2N6O.C9H15NO/c1-10(21)16(25-22)12-7-14-17(26(9-24-14)18(19)20)15(8-12)27-11(2)13-5-3-4-6-23-13;1-3-9(11)10-7-5-4-6-8(10)2/h3-9,11,18,21H,22H2,1-2H3;3,8H,1,4-7H2,2H3/b21-10?,25-16+;/t11-;8-/m11/s1. The summed E-state index contributed by atoms with van der Waals surface area (Å²) in [6.45, 7) is 7.01. The molecule has 1 aliphatic heterocycles. The number of likely N-dealkylation sites (tertiary alicyclic amines) is 1. The van der Waals surface area contributed by atoms with Gasteiger partial charge in [0, 0.05) is 24.3 Å². The second kappa shape index (κ2) is 12.9. The van der Waals surface area contributed by atoms with Gasteiger partial charge in [-0.05, 0) is 70.4 Å². The lowest BCUT2D eigenvalue weighted by molar-refractivity contribution is -0.129. The molecular formula is C27H33F2N7O2. The van der Waals surface area contributed by atoms with E-state index in [0.29, 0.717) is 22.8 Å². The van der Waals surface area contributed by atoms with Crippen LogP contribution in [0.1, 0.15) is 63.9 Å². The van der Waals surface area contributed by atoms with Crippen LogP contribution in [0.3, 0.4) is 0 Å². The van der Waals surface area contributed by atoms with Crippen LogP contribution in [0.15, 0.2) is 60.6 Å². The Morgan fingerprint density at radius 1 is 1.32 bits per heavy atom. The number of benzene rings is 1. The van der Waals surface area contributed by atoms with Gasteiger partial charge in [-0.1, -0.05) is 12.6 Å². The maximum absolute atomic E-state index is 13.4. The fourth-order valence-corrected chi connectivity index (χ4v) is 4.31. The minimum absolute atomic E-state index is 0.0807. The van der Waals surface area contributed by atoms with Crippen molar-refractivity contribution in [2.24, 2.45) is 10.9 Å². The number of fused-ring (bicyclic) bond motifs is 1. The molecule has 1 amide bonds. The number of hydrogen-bond acceptors (Lipinski definition) is 7. The number of hydrazone groups is 1. The molecule has 1 aliphatic rings. The van der Waals surface area contributed by atoms with E-state index < -0.39 is 12.7 Å². The highest BCUT2D eigenvalue weighted by atomic mass is 19.3. The van der Waals surface area contributed by atoms with Crippen LogP contribution in [0.2, 0.25) is 0 Å². The van der Waals surface area contributed by atoms with Crippen LogP contribution in [0.5, 0.6) is 5.75 Å². The number of nitrogens with one attached hydrogen (secondary N) is 1. The molecule has 0 unspecified atom stereocenters. The molecule has 38 heavy (non-hydrogen) atoms. The Labute approximate surface area is 220 Å². The average molecular weight is 526 g/mol. The van der Waals surface area contributed by atoms with Gasteiger partial charge in [0.25, 0.3) is 0 Å². The van der Waals surface area contributed by atoms with Gasteiger partial charge in [-0.3, -0.25) is 14.3 Å². The van der Waals surface area contributed by atoms with Gasteiger partial charge in [0.05, 0.1) is 16.9 Å². The molecule has 4 rings (SSSR count). The predicted molar refractivity (Wildman–Crippen MR) is 144 cm³/mol. The zero-order valence-electron chi connectivity index (χ0n) is 21.8. The number of nitrogens with zero attached hydrogens (tertiary/aromatic N) is 5. The summed E-state index contributed by atoms with van der Waals surface area (Å²) < 4.78 is 33.5. The first kappa shape index (κ1) is 28.4. The van der Waals surface area contributed by atoms with E-state index in [1.807, 2.05) is 11.0 Å². The first-order valence-electron chi connectivity index (χ1n) is 12.3. The van der Waals surface area contributed by atoms with Gasteiger partial charge in [-0.25, -0.2) is 4.98 Å². The Kier molecular flexibility index (Phi) is 9.64. The maximum atomic E-state index is 13.4. The van der Waals surface area contributed by atoms with E-state index in [1.54, 1.807) is 31.3 Å². The Hall–Kier alpha value is -4.15. The predicted octanol–water partition coefficient (Wildman–Crippen LogP) is 5.24. The van der Waals surface area contributed by atoms with Crippen LogP contribution in [0.4, 0.5) is 8.78 Å². The van der Waals surface area contributed by atoms with Gasteiger partial charge in [-0.15, -0.1) is 0 Å². The number of aromatic nitrogens is 3. The number of rotatable bonds is 7. The summed E-state index contributed by atoms with van der Waals surface area (Å²) in [6, 6.07) is 8.87. The van der Waals surface area contributed by atoms with Gasteiger partial charge in [0.2, 0.25) is 5.91 Å². The normalized spacial score (nSPS) is 16.5. The fourth-order valence-electron chi connectivity index (χ4n) is 4.31. The van der Waals surface area contributed by atoms with Crippen molar-refractivity contribution in [1.29, 1.82) is 5.41 Å². The van der Waals surface area contributed by atoms with E-state index in [-0.39, 0.29) is 28.6 Å². The number of alkyl halides is 2. The zero-order chi connectivity index (χ0) is 27.8. The third-order valence-corrected chi connectivity index (χ3v) is 6.27. The Morgan fingerprint density at radius 2 is 2.08 bits per heavy atom. The second-order valence-corrected chi connectivity index (χ2v) is 8.97. The number of nitrogens with two attached hydrogens (primary N) is 1. The van der Waals surface area contributed by atoms with Crippen LogP contribution in [0, 0.1) is 5.41 Å². The maximum Gasteiger partial charge on any atom is 0.320 e. The van der Waals surface area contributed by atoms with E-state index in [0.717, 1.165) is 30.3 Å².